The molecule has 0 saturated heterocycles. The van der Waals surface area contributed by atoms with E-state index in [1.165, 1.54) is 12.4 Å². The molecule has 0 radical (unpaired) electrons. The van der Waals surface area contributed by atoms with Gasteiger partial charge in [0, 0.05) is 18.0 Å². The number of carbonyl (C=O) groups is 4. The van der Waals surface area contributed by atoms with Gasteiger partial charge >= 0.3 is 6.09 Å². The molecule has 11 heteroatoms. The number of alkyl carbamates (subject to hydrolysis) is 1. The molecule has 0 saturated carbocycles. The lowest BCUT2D eigenvalue weighted by atomic mass is 9.91. The number of amides is 4. The van der Waals surface area contributed by atoms with E-state index < -0.39 is 54.1 Å². The number of carbonyl (C=O) groups excluding carboxylic acids is 4. The van der Waals surface area contributed by atoms with Crippen LogP contribution >= 0.6 is 0 Å². The van der Waals surface area contributed by atoms with Crippen molar-refractivity contribution in [3.05, 3.63) is 138 Å². The molecule has 0 aliphatic heterocycles. The smallest absolute Gasteiger partial charge is 0.408 e. The monoisotopic (exact) mass is 707 g/mol. The zero-order valence-electron chi connectivity index (χ0n) is 30.1. The minimum atomic E-state index is -1.30. The Morgan fingerprint density at radius 2 is 1.02 bits per heavy atom. The highest BCUT2D eigenvalue weighted by Crippen LogP contribution is 2.16. The predicted octanol–water partition coefficient (Wildman–Crippen LogP) is 4.60. The number of hydrogen-bond acceptors (Lipinski definition) is 7. The first-order chi connectivity index (χ1) is 25.0. The fourth-order valence-corrected chi connectivity index (χ4v) is 5.77. The number of nitrogens with one attached hydrogen (secondary N) is 4. The van der Waals surface area contributed by atoms with Crippen molar-refractivity contribution in [2.75, 3.05) is 0 Å². The van der Waals surface area contributed by atoms with Crippen LogP contribution in [0.2, 0.25) is 0 Å². The maximum atomic E-state index is 13.9. The summed E-state index contributed by atoms with van der Waals surface area (Å²) < 4.78 is 5.39. The fraction of sp³-hybridized carbons (Fsp3) is 0.341. The Morgan fingerprint density at radius 3 is 1.46 bits per heavy atom. The number of hydrogen-bond donors (Lipinski definition) is 5. The van der Waals surface area contributed by atoms with Gasteiger partial charge in [-0.05, 0) is 53.5 Å². The average molecular weight is 708 g/mol. The van der Waals surface area contributed by atoms with Crippen LogP contribution in [-0.2, 0) is 33.8 Å². The van der Waals surface area contributed by atoms with E-state index in [1.54, 1.807) is 26.0 Å². The summed E-state index contributed by atoms with van der Waals surface area (Å²) >= 11 is 0. The number of aliphatic hydroxyl groups excluding tert-OH is 1. The van der Waals surface area contributed by atoms with Crippen molar-refractivity contribution in [2.45, 2.75) is 77.4 Å². The van der Waals surface area contributed by atoms with E-state index in [-0.39, 0.29) is 31.3 Å². The second-order valence-corrected chi connectivity index (χ2v) is 13.5. The Bertz CT molecular complexity index is 1710. The number of benzene rings is 3. The summed E-state index contributed by atoms with van der Waals surface area (Å²) in [6.45, 7) is 7.28. The SMILES string of the molecule is CC(C)[C@H](NC(=O)OCc1ccccc1)C(=O)NC(Cc1ccccc1)C(O)C(Cc1ccccc1)NC(=O)[C@@H](NC(=O)c1ccncc1)C(C)C. The molecule has 11 nitrogen and oxygen atoms in total. The highest BCUT2D eigenvalue weighted by Gasteiger charge is 2.35. The van der Waals surface area contributed by atoms with Crippen molar-refractivity contribution >= 4 is 23.8 Å². The topological polar surface area (TPSA) is 159 Å². The third-order valence-electron chi connectivity index (χ3n) is 8.69. The van der Waals surface area contributed by atoms with Gasteiger partial charge in [0.15, 0.2) is 0 Å². The molecule has 4 rings (SSSR count). The van der Waals surface area contributed by atoms with Crippen molar-refractivity contribution in [3.8, 4) is 0 Å². The van der Waals surface area contributed by atoms with E-state index in [9.17, 15) is 24.3 Å². The molecule has 4 amide bonds. The number of ether oxygens (including phenoxy) is 1. The standard InChI is InChI=1S/C41H49N5O6/c1-27(2)35(45-38(48)32-20-22-42-23-21-32)39(49)43-33(24-29-14-8-5-9-15-29)37(47)34(25-30-16-10-6-11-17-30)44-40(50)36(28(3)4)46-41(51)52-26-31-18-12-7-13-19-31/h5-23,27-28,33-37,47H,24-26H2,1-4H3,(H,43,49)(H,44,50)(H,45,48)(H,46,51)/t33?,34?,35-,36-,37?/m0/s1. The summed E-state index contributed by atoms with van der Waals surface area (Å²) in [5.74, 6) is -2.04. The minimum Gasteiger partial charge on any atom is -0.445 e. The van der Waals surface area contributed by atoms with Crippen LogP contribution in [-0.4, -0.2) is 64.2 Å². The van der Waals surface area contributed by atoms with E-state index in [4.69, 9.17) is 4.74 Å². The van der Waals surface area contributed by atoms with E-state index in [1.807, 2.05) is 105 Å². The number of nitrogens with zero attached hydrogens (tertiary/aromatic N) is 1. The lowest BCUT2D eigenvalue weighted by Gasteiger charge is -2.34. The Labute approximate surface area is 305 Å². The second-order valence-electron chi connectivity index (χ2n) is 13.5. The molecule has 0 bridgehead atoms. The van der Waals surface area contributed by atoms with Gasteiger partial charge in [-0.3, -0.25) is 19.4 Å². The molecule has 1 heterocycles. The summed E-state index contributed by atoms with van der Waals surface area (Å²) in [6.07, 6.45) is 1.41. The third kappa shape index (κ3) is 12.1. The number of aromatic nitrogens is 1. The fourth-order valence-electron chi connectivity index (χ4n) is 5.77. The van der Waals surface area contributed by atoms with Crippen LogP contribution in [0.25, 0.3) is 0 Å². The molecule has 5 atom stereocenters. The van der Waals surface area contributed by atoms with Crippen molar-refractivity contribution in [2.24, 2.45) is 11.8 Å². The molecular weight excluding hydrogens is 658 g/mol. The van der Waals surface area contributed by atoms with Gasteiger partial charge < -0.3 is 31.1 Å². The minimum absolute atomic E-state index is 0.0374. The van der Waals surface area contributed by atoms with Crippen LogP contribution < -0.4 is 21.3 Å². The van der Waals surface area contributed by atoms with Crippen molar-refractivity contribution in [1.82, 2.24) is 26.3 Å². The largest absolute Gasteiger partial charge is 0.445 e. The van der Waals surface area contributed by atoms with E-state index in [2.05, 4.69) is 26.3 Å². The molecule has 0 spiro atoms. The Hall–Kier alpha value is -5.55. The molecule has 0 aliphatic carbocycles. The molecule has 0 fully saturated rings. The molecule has 3 aromatic carbocycles. The molecule has 4 aromatic rings. The first-order valence-electron chi connectivity index (χ1n) is 17.6. The predicted molar refractivity (Wildman–Crippen MR) is 199 cm³/mol. The normalized spacial score (nSPS) is 14.0. The van der Waals surface area contributed by atoms with E-state index >= 15 is 0 Å². The first-order valence-corrected chi connectivity index (χ1v) is 17.6. The lowest BCUT2D eigenvalue weighted by Crippen LogP contribution is -2.61. The van der Waals surface area contributed by atoms with Gasteiger partial charge in [0.2, 0.25) is 11.8 Å². The Balaban J connectivity index is 1.57. The van der Waals surface area contributed by atoms with Gasteiger partial charge in [0.25, 0.3) is 5.91 Å². The molecule has 1 aromatic heterocycles. The van der Waals surface area contributed by atoms with Crippen molar-refractivity contribution in [1.29, 1.82) is 0 Å². The van der Waals surface area contributed by atoms with Gasteiger partial charge in [-0.15, -0.1) is 0 Å². The van der Waals surface area contributed by atoms with Gasteiger partial charge in [-0.2, -0.15) is 0 Å². The third-order valence-corrected chi connectivity index (χ3v) is 8.69. The summed E-state index contributed by atoms with van der Waals surface area (Å²) in [6, 6.07) is 27.4. The first kappa shape index (κ1) is 39.2. The molecule has 0 aliphatic rings. The number of pyridine rings is 1. The molecule has 5 N–H and O–H groups in total. The summed E-state index contributed by atoms with van der Waals surface area (Å²) in [5, 5.41) is 23.6. The number of aliphatic hydroxyl groups is 1. The highest BCUT2D eigenvalue weighted by atomic mass is 16.5. The van der Waals surface area contributed by atoms with Gasteiger partial charge in [-0.25, -0.2) is 4.79 Å². The Morgan fingerprint density at radius 1 is 0.596 bits per heavy atom. The quantitative estimate of drug-likeness (QED) is 0.107. The van der Waals surface area contributed by atoms with Gasteiger partial charge in [0.1, 0.15) is 18.7 Å². The zero-order chi connectivity index (χ0) is 37.5. The average Bonchev–Trinajstić information content (AvgIpc) is 3.15. The van der Waals surface area contributed by atoms with E-state index in [0.29, 0.717) is 5.56 Å². The van der Waals surface area contributed by atoms with Gasteiger partial charge in [-0.1, -0.05) is 119 Å². The summed E-state index contributed by atoms with van der Waals surface area (Å²) in [4.78, 5) is 57.7. The number of rotatable bonds is 17. The maximum Gasteiger partial charge on any atom is 0.408 e. The lowest BCUT2D eigenvalue weighted by molar-refractivity contribution is -0.126. The second kappa shape index (κ2) is 19.7. The molecular formula is C41H49N5O6. The van der Waals surface area contributed by atoms with Crippen LogP contribution in [0.4, 0.5) is 4.79 Å². The van der Waals surface area contributed by atoms with Crippen LogP contribution in [0.1, 0.15) is 54.7 Å². The van der Waals surface area contributed by atoms with Crippen molar-refractivity contribution < 1.29 is 29.0 Å². The van der Waals surface area contributed by atoms with Crippen LogP contribution in [0.5, 0.6) is 0 Å². The maximum absolute atomic E-state index is 13.9. The van der Waals surface area contributed by atoms with Crippen LogP contribution in [0, 0.1) is 11.8 Å². The summed E-state index contributed by atoms with van der Waals surface area (Å²) in [7, 11) is 0. The molecule has 274 valence electrons. The molecule has 52 heavy (non-hydrogen) atoms. The molecule has 3 unspecified atom stereocenters. The van der Waals surface area contributed by atoms with Crippen LogP contribution in [0.15, 0.2) is 116 Å². The highest BCUT2D eigenvalue weighted by molar-refractivity contribution is 5.97. The zero-order valence-corrected chi connectivity index (χ0v) is 30.1. The van der Waals surface area contributed by atoms with Crippen molar-refractivity contribution in [3.63, 3.8) is 0 Å². The Kier molecular flexibility index (Phi) is 14.9. The summed E-state index contributed by atoms with van der Waals surface area (Å²) in [5.41, 5.74) is 2.86. The van der Waals surface area contributed by atoms with E-state index in [0.717, 1.165) is 16.7 Å². The van der Waals surface area contributed by atoms with Gasteiger partial charge in [0.05, 0.1) is 18.2 Å². The van der Waals surface area contributed by atoms with Crippen LogP contribution in [0.3, 0.4) is 0 Å².